The number of aromatic amines is 1. The van der Waals surface area contributed by atoms with E-state index in [1.165, 1.54) is 0 Å². The first-order valence-corrected chi connectivity index (χ1v) is 7.78. The van der Waals surface area contributed by atoms with Crippen molar-refractivity contribution < 1.29 is 0 Å². The number of aromatic nitrogens is 3. The van der Waals surface area contributed by atoms with E-state index in [1.54, 1.807) is 0 Å². The van der Waals surface area contributed by atoms with E-state index < -0.39 is 0 Å². The van der Waals surface area contributed by atoms with E-state index in [1.807, 2.05) is 66.7 Å². The molecule has 0 amide bonds. The summed E-state index contributed by atoms with van der Waals surface area (Å²) in [7, 11) is 0. The van der Waals surface area contributed by atoms with Crippen LogP contribution in [0.25, 0.3) is 22.2 Å². The minimum Gasteiger partial charge on any atom is -0.309 e. The number of rotatable bonds is 3. The van der Waals surface area contributed by atoms with Crippen LogP contribution in [0.15, 0.2) is 77.6 Å². The second kappa shape index (κ2) is 6.08. The minimum absolute atomic E-state index is 0.341. The van der Waals surface area contributed by atoms with Crippen LogP contribution in [0.2, 0.25) is 0 Å². The molecule has 0 atom stereocenters. The number of hydrogen-bond acceptors (Lipinski definition) is 3. The van der Waals surface area contributed by atoms with Crippen LogP contribution in [-0.2, 0) is 6.42 Å². The average Bonchev–Trinajstić information content (AvgIpc) is 2.62. The zero-order valence-corrected chi connectivity index (χ0v) is 12.9. The van der Waals surface area contributed by atoms with E-state index >= 15 is 0 Å². The highest BCUT2D eigenvalue weighted by Gasteiger charge is 2.06. The molecule has 4 aromatic rings. The van der Waals surface area contributed by atoms with Crippen molar-refractivity contribution in [1.29, 1.82) is 0 Å². The van der Waals surface area contributed by atoms with Crippen LogP contribution in [0.4, 0.5) is 0 Å². The molecule has 4 nitrogen and oxygen atoms in total. The van der Waals surface area contributed by atoms with Gasteiger partial charge in [-0.2, -0.15) is 4.98 Å². The normalized spacial score (nSPS) is 10.8. The minimum atomic E-state index is -0.341. The van der Waals surface area contributed by atoms with E-state index in [0.29, 0.717) is 12.1 Å². The van der Waals surface area contributed by atoms with Crippen molar-refractivity contribution >= 4 is 10.9 Å². The highest BCUT2D eigenvalue weighted by atomic mass is 16.1. The van der Waals surface area contributed by atoms with E-state index in [4.69, 9.17) is 0 Å². The number of para-hydroxylation sites is 1. The Morgan fingerprint density at radius 3 is 2.50 bits per heavy atom. The van der Waals surface area contributed by atoms with Crippen LogP contribution >= 0.6 is 0 Å². The van der Waals surface area contributed by atoms with Crippen LogP contribution in [-0.4, -0.2) is 15.0 Å². The van der Waals surface area contributed by atoms with Gasteiger partial charge in [0.15, 0.2) is 0 Å². The Kier molecular flexibility index (Phi) is 3.63. The SMILES string of the molecule is O=c1nc(-c2ccccc2)cc(Cc2ccc3ccccc3n2)[nH]1. The van der Waals surface area contributed by atoms with Crippen molar-refractivity contribution in [2.24, 2.45) is 0 Å². The molecule has 2 heterocycles. The predicted octanol–water partition coefficient (Wildman–Crippen LogP) is 3.58. The van der Waals surface area contributed by atoms with Crippen molar-refractivity contribution in [3.63, 3.8) is 0 Å². The van der Waals surface area contributed by atoms with Crippen molar-refractivity contribution in [1.82, 2.24) is 15.0 Å². The van der Waals surface area contributed by atoms with Crippen molar-refractivity contribution in [3.05, 3.63) is 94.7 Å². The van der Waals surface area contributed by atoms with Gasteiger partial charge in [-0.1, -0.05) is 54.6 Å². The standard InChI is InChI=1S/C20H15N3O/c24-20-22-17(13-19(23-20)14-6-2-1-3-7-14)12-16-11-10-15-8-4-5-9-18(15)21-16/h1-11,13H,12H2,(H,22,23,24). The van der Waals surface area contributed by atoms with Gasteiger partial charge in [-0.3, -0.25) is 4.98 Å². The van der Waals surface area contributed by atoms with Crippen molar-refractivity contribution in [2.75, 3.05) is 0 Å². The summed E-state index contributed by atoms with van der Waals surface area (Å²) in [5, 5.41) is 1.11. The lowest BCUT2D eigenvalue weighted by molar-refractivity contribution is 0.961. The molecule has 116 valence electrons. The van der Waals surface area contributed by atoms with Gasteiger partial charge in [0.1, 0.15) is 0 Å². The fraction of sp³-hybridized carbons (Fsp3) is 0.0500. The molecular formula is C20H15N3O. The number of hydrogen-bond donors (Lipinski definition) is 1. The second-order valence-corrected chi connectivity index (χ2v) is 5.63. The highest BCUT2D eigenvalue weighted by Crippen LogP contribution is 2.17. The van der Waals surface area contributed by atoms with Crippen LogP contribution in [0.1, 0.15) is 11.4 Å². The molecule has 4 heteroatoms. The van der Waals surface area contributed by atoms with Gasteiger partial charge in [-0.25, -0.2) is 4.79 Å². The molecule has 0 aliphatic carbocycles. The summed E-state index contributed by atoms with van der Waals surface area (Å²) in [5.41, 5.74) is 3.93. The number of nitrogens with zero attached hydrogens (tertiary/aromatic N) is 2. The topological polar surface area (TPSA) is 58.6 Å². The van der Waals surface area contributed by atoms with Gasteiger partial charge in [-0.05, 0) is 18.2 Å². The van der Waals surface area contributed by atoms with Gasteiger partial charge in [0.25, 0.3) is 0 Å². The van der Waals surface area contributed by atoms with E-state index in [2.05, 4.69) is 21.0 Å². The summed E-state index contributed by atoms with van der Waals surface area (Å²) in [6.07, 6.45) is 0.558. The number of pyridine rings is 1. The Morgan fingerprint density at radius 1 is 0.833 bits per heavy atom. The van der Waals surface area contributed by atoms with Gasteiger partial charge in [0, 0.05) is 28.8 Å². The maximum Gasteiger partial charge on any atom is 0.345 e. The number of fused-ring (bicyclic) bond motifs is 1. The lowest BCUT2D eigenvalue weighted by Gasteiger charge is -2.06. The zero-order valence-electron chi connectivity index (χ0n) is 12.9. The van der Waals surface area contributed by atoms with Crippen molar-refractivity contribution in [2.45, 2.75) is 6.42 Å². The predicted molar refractivity (Wildman–Crippen MR) is 94.8 cm³/mol. The molecule has 0 radical (unpaired) electrons. The third-order valence-electron chi connectivity index (χ3n) is 3.90. The summed E-state index contributed by atoms with van der Waals surface area (Å²) in [6, 6.07) is 23.6. The number of benzene rings is 2. The smallest absolute Gasteiger partial charge is 0.309 e. The quantitative estimate of drug-likeness (QED) is 0.629. The summed E-state index contributed by atoms with van der Waals surface area (Å²) in [6.45, 7) is 0. The van der Waals surface area contributed by atoms with Crippen LogP contribution in [0, 0.1) is 0 Å². The largest absolute Gasteiger partial charge is 0.345 e. The molecule has 0 spiro atoms. The lowest BCUT2D eigenvalue weighted by Crippen LogP contribution is -2.14. The zero-order chi connectivity index (χ0) is 16.4. The van der Waals surface area contributed by atoms with Crippen LogP contribution < -0.4 is 5.69 Å². The third-order valence-corrected chi connectivity index (χ3v) is 3.90. The second-order valence-electron chi connectivity index (χ2n) is 5.63. The third kappa shape index (κ3) is 2.94. The average molecular weight is 313 g/mol. The molecule has 1 N–H and O–H groups in total. The molecule has 0 saturated carbocycles. The molecule has 4 rings (SSSR count). The molecular weight excluding hydrogens is 298 g/mol. The highest BCUT2D eigenvalue weighted by molar-refractivity contribution is 5.78. The molecule has 0 aliphatic rings. The fourth-order valence-electron chi connectivity index (χ4n) is 2.76. The van der Waals surface area contributed by atoms with E-state index in [-0.39, 0.29) is 5.69 Å². The molecule has 0 aliphatic heterocycles. The van der Waals surface area contributed by atoms with Gasteiger partial charge in [0.05, 0.1) is 11.2 Å². The number of nitrogens with one attached hydrogen (secondary N) is 1. The van der Waals surface area contributed by atoms with Crippen LogP contribution in [0.5, 0.6) is 0 Å². The Bertz CT molecular complexity index is 1050. The van der Waals surface area contributed by atoms with Gasteiger partial charge in [0.2, 0.25) is 0 Å². The maximum absolute atomic E-state index is 11.9. The Balaban J connectivity index is 1.71. The maximum atomic E-state index is 11.9. The van der Waals surface area contributed by atoms with Crippen molar-refractivity contribution in [3.8, 4) is 11.3 Å². The molecule has 2 aromatic heterocycles. The first-order chi connectivity index (χ1) is 11.8. The molecule has 0 fully saturated rings. The Hall–Kier alpha value is -3.27. The number of H-pyrrole nitrogens is 1. The molecule has 0 saturated heterocycles. The Labute approximate surface area is 138 Å². The summed E-state index contributed by atoms with van der Waals surface area (Å²) in [5.74, 6) is 0. The van der Waals surface area contributed by atoms with Gasteiger partial charge < -0.3 is 4.98 Å². The van der Waals surface area contributed by atoms with Crippen LogP contribution in [0.3, 0.4) is 0 Å². The summed E-state index contributed by atoms with van der Waals surface area (Å²) in [4.78, 5) is 23.4. The molecule has 0 bridgehead atoms. The molecule has 0 unspecified atom stereocenters. The Morgan fingerprint density at radius 2 is 1.62 bits per heavy atom. The van der Waals surface area contributed by atoms with E-state index in [9.17, 15) is 4.79 Å². The van der Waals surface area contributed by atoms with E-state index in [0.717, 1.165) is 27.9 Å². The first kappa shape index (κ1) is 14.3. The lowest BCUT2D eigenvalue weighted by atomic mass is 10.1. The fourth-order valence-corrected chi connectivity index (χ4v) is 2.76. The first-order valence-electron chi connectivity index (χ1n) is 7.78. The monoisotopic (exact) mass is 313 g/mol. The van der Waals surface area contributed by atoms with Gasteiger partial charge in [-0.15, -0.1) is 0 Å². The summed E-state index contributed by atoms with van der Waals surface area (Å²) >= 11 is 0. The van der Waals surface area contributed by atoms with Gasteiger partial charge >= 0.3 is 5.69 Å². The summed E-state index contributed by atoms with van der Waals surface area (Å²) < 4.78 is 0. The molecule has 2 aromatic carbocycles. The molecule has 24 heavy (non-hydrogen) atoms.